The van der Waals surface area contributed by atoms with Gasteiger partial charge in [0.25, 0.3) is 0 Å². The predicted molar refractivity (Wildman–Crippen MR) is 124 cm³/mol. The maximum Gasteiger partial charge on any atom is 0.328 e. The number of carbonyl (C=O) groups is 1. The molecule has 4 nitrogen and oxygen atoms in total. The minimum atomic E-state index is -1.06. The molecule has 2 aliphatic heterocycles. The summed E-state index contributed by atoms with van der Waals surface area (Å²) in [7, 11) is 0. The Bertz CT molecular complexity index is 1440. The van der Waals surface area contributed by atoms with E-state index in [2.05, 4.69) is 35.0 Å². The summed E-state index contributed by atoms with van der Waals surface area (Å²) in [6.45, 7) is 2.20. The quantitative estimate of drug-likeness (QED) is 0.393. The van der Waals surface area contributed by atoms with Crippen LogP contribution < -0.4 is 4.90 Å². The molecule has 0 saturated heterocycles. The Morgan fingerprint density at radius 1 is 1.12 bits per heavy atom. The molecule has 2 N–H and O–H groups in total. The minimum absolute atomic E-state index is 0.187. The van der Waals surface area contributed by atoms with E-state index in [1.165, 1.54) is 23.1 Å². The second-order valence-electron chi connectivity index (χ2n) is 8.58. The number of aromatic amines is 1. The number of para-hydroxylation sites is 2. The van der Waals surface area contributed by atoms with Gasteiger partial charge < -0.3 is 15.0 Å². The zero-order valence-corrected chi connectivity index (χ0v) is 17.5. The van der Waals surface area contributed by atoms with Crippen LogP contribution >= 0.6 is 0 Å². The lowest BCUT2D eigenvalue weighted by atomic mass is 9.80. The van der Waals surface area contributed by atoms with Gasteiger partial charge in [0.15, 0.2) is 0 Å². The van der Waals surface area contributed by atoms with Gasteiger partial charge in [-0.25, -0.2) is 9.18 Å². The van der Waals surface area contributed by atoms with Gasteiger partial charge in [0.2, 0.25) is 0 Å². The molecule has 4 aromatic rings. The summed E-state index contributed by atoms with van der Waals surface area (Å²) in [5, 5.41) is 10.2. The van der Waals surface area contributed by atoms with Crippen LogP contribution in [0, 0.1) is 5.82 Å². The molecule has 5 heteroatoms. The van der Waals surface area contributed by atoms with E-state index in [9.17, 15) is 4.79 Å². The van der Waals surface area contributed by atoms with Crippen molar-refractivity contribution >= 4 is 28.6 Å². The molecular weight excluding hydrogens is 403 g/mol. The fraction of sp³-hybridized carbons (Fsp3) is 0.148. The number of anilines is 1. The number of hydrogen-bond acceptors (Lipinski definition) is 2. The zero-order chi connectivity index (χ0) is 22.0. The third kappa shape index (κ3) is 2.64. The molecule has 0 saturated carbocycles. The predicted octanol–water partition coefficient (Wildman–Crippen LogP) is 5.93. The van der Waals surface area contributed by atoms with Crippen molar-refractivity contribution in [1.82, 2.24) is 4.98 Å². The highest BCUT2D eigenvalue weighted by Gasteiger charge is 2.42. The van der Waals surface area contributed by atoms with Gasteiger partial charge >= 0.3 is 5.97 Å². The van der Waals surface area contributed by atoms with Gasteiger partial charge in [0.05, 0.1) is 6.04 Å². The first-order valence-electron chi connectivity index (χ1n) is 10.7. The molecule has 0 spiro atoms. The minimum Gasteiger partial charge on any atom is -0.478 e. The van der Waals surface area contributed by atoms with Crippen molar-refractivity contribution in [3.8, 4) is 11.1 Å². The monoisotopic (exact) mass is 424 g/mol. The highest BCUT2D eigenvalue weighted by molar-refractivity contribution is 5.92. The molecule has 3 aromatic carbocycles. The summed E-state index contributed by atoms with van der Waals surface area (Å²) >= 11 is 0. The maximum atomic E-state index is 15.8. The number of carboxylic acid groups (broad SMARTS) is 1. The van der Waals surface area contributed by atoms with E-state index in [0.717, 1.165) is 40.5 Å². The van der Waals surface area contributed by atoms with Gasteiger partial charge in [0.1, 0.15) is 5.82 Å². The largest absolute Gasteiger partial charge is 0.478 e. The average Bonchev–Trinajstić information content (AvgIpc) is 3.15. The van der Waals surface area contributed by atoms with Crippen LogP contribution in [0.5, 0.6) is 0 Å². The molecule has 0 radical (unpaired) electrons. The third-order valence-electron chi connectivity index (χ3n) is 6.69. The summed E-state index contributed by atoms with van der Waals surface area (Å²) in [4.78, 5) is 16.9. The van der Waals surface area contributed by atoms with Crippen LogP contribution in [0.1, 0.15) is 35.3 Å². The smallest absolute Gasteiger partial charge is 0.328 e. The standard InChI is InChI=1S/C27H21FN2O2/c1-15-12-20-17-6-2-4-8-22(17)29-26(20)27-25-19(18-7-3-5-9-23(18)30(15)27)13-16(14-21(25)28)10-11-24(31)32/h2-11,13-15,27,29H,12H2,1H3,(H,31,32)/b11-10+/t15-,27-/m1/s1. The lowest BCUT2D eigenvalue weighted by Crippen LogP contribution is -2.45. The molecular formula is C27H21FN2O2. The Kier molecular flexibility index (Phi) is 4.02. The summed E-state index contributed by atoms with van der Waals surface area (Å²) in [5.74, 6) is -1.38. The highest BCUT2D eigenvalue weighted by atomic mass is 19.1. The SMILES string of the molecule is C[C@@H]1Cc2c([nH]c3ccccc23)[C@H]2c3c(F)cc(/C=C/C(=O)O)cc3-c3ccccc3N21. The second kappa shape index (κ2) is 6.82. The van der Waals surface area contributed by atoms with E-state index in [1.807, 2.05) is 36.4 Å². The normalized spacial score (nSPS) is 18.9. The Labute approximate surface area is 184 Å². The lowest BCUT2D eigenvalue weighted by Gasteiger charge is -2.47. The molecule has 0 unspecified atom stereocenters. The molecule has 2 aliphatic rings. The third-order valence-corrected chi connectivity index (χ3v) is 6.69. The fourth-order valence-electron chi connectivity index (χ4n) is 5.45. The molecule has 1 aromatic heterocycles. The number of fused-ring (bicyclic) bond motifs is 10. The van der Waals surface area contributed by atoms with Gasteiger partial charge in [-0.15, -0.1) is 0 Å². The van der Waals surface area contributed by atoms with Gasteiger partial charge in [-0.1, -0.05) is 36.4 Å². The van der Waals surface area contributed by atoms with Gasteiger partial charge in [-0.2, -0.15) is 0 Å². The van der Waals surface area contributed by atoms with E-state index in [-0.39, 0.29) is 17.9 Å². The van der Waals surface area contributed by atoms with Crippen molar-refractivity contribution in [1.29, 1.82) is 0 Å². The molecule has 6 rings (SSSR count). The lowest BCUT2D eigenvalue weighted by molar-refractivity contribution is -0.131. The van der Waals surface area contributed by atoms with Crippen LogP contribution in [-0.2, 0) is 11.2 Å². The summed E-state index contributed by atoms with van der Waals surface area (Å²) < 4.78 is 15.8. The van der Waals surface area contributed by atoms with E-state index >= 15 is 4.39 Å². The van der Waals surface area contributed by atoms with Crippen molar-refractivity contribution < 1.29 is 14.3 Å². The van der Waals surface area contributed by atoms with Crippen LogP contribution in [0.2, 0.25) is 0 Å². The first-order valence-corrected chi connectivity index (χ1v) is 10.7. The number of H-pyrrole nitrogens is 1. The number of carboxylic acids is 1. The van der Waals surface area contributed by atoms with Crippen LogP contribution in [0.4, 0.5) is 10.1 Å². The average molecular weight is 424 g/mol. The van der Waals surface area contributed by atoms with E-state index < -0.39 is 5.97 Å². The highest BCUT2D eigenvalue weighted by Crippen LogP contribution is 2.52. The number of hydrogen-bond donors (Lipinski definition) is 2. The number of nitrogens with one attached hydrogen (secondary N) is 1. The molecule has 0 bridgehead atoms. The molecule has 32 heavy (non-hydrogen) atoms. The molecule has 158 valence electrons. The summed E-state index contributed by atoms with van der Waals surface area (Å²) in [5.41, 5.74) is 7.36. The molecule has 0 amide bonds. The van der Waals surface area contributed by atoms with E-state index in [0.29, 0.717) is 11.1 Å². The number of halogens is 1. The van der Waals surface area contributed by atoms with Crippen molar-refractivity contribution in [2.75, 3.05) is 4.90 Å². The number of benzene rings is 3. The number of nitrogens with zero attached hydrogens (tertiary/aromatic N) is 1. The van der Waals surface area contributed by atoms with Gasteiger partial charge in [0, 0.05) is 45.5 Å². The summed E-state index contributed by atoms with van der Waals surface area (Å²) in [6, 6.07) is 19.6. The van der Waals surface area contributed by atoms with Crippen molar-refractivity contribution in [3.63, 3.8) is 0 Å². The van der Waals surface area contributed by atoms with Crippen molar-refractivity contribution in [2.45, 2.75) is 25.4 Å². The number of aromatic nitrogens is 1. The first kappa shape index (κ1) is 18.9. The van der Waals surface area contributed by atoms with Crippen LogP contribution in [0.25, 0.3) is 28.1 Å². The Hall–Kier alpha value is -3.86. The maximum absolute atomic E-state index is 15.8. The number of rotatable bonds is 2. The van der Waals surface area contributed by atoms with E-state index in [4.69, 9.17) is 5.11 Å². The topological polar surface area (TPSA) is 56.3 Å². The molecule has 3 heterocycles. The Morgan fingerprint density at radius 3 is 2.75 bits per heavy atom. The zero-order valence-electron chi connectivity index (χ0n) is 17.5. The van der Waals surface area contributed by atoms with Gasteiger partial charge in [-0.3, -0.25) is 0 Å². The number of aliphatic carboxylic acids is 1. The van der Waals surface area contributed by atoms with Gasteiger partial charge in [-0.05, 0) is 60.4 Å². The second-order valence-corrected chi connectivity index (χ2v) is 8.58. The van der Waals surface area contributed by atoms with E-state index in [1.54, 1.807) is 0 Å². The van der Waals surface area contributed by atoms with Crippen LogP contribution in [0.15, 0.2) is 66.7 Å². The molecule has 0 aliphatic carbocycles. The Morgan fingerprint density at radius 2 is 1.91 bits per heavy atom. The summed E-state index contributed by atoms with van der Waals surface area (Å²) in [6.07, 6.45) is 3.36. The molecule has 2 atom stereocenters. The van der Waals surface area contributed by atoms with Crippen molar-refractivity contribution in [3.05, 3.63) is 94.9 Å². The first-order chi connectivity index (χ1) is 15.5. The molecule has 0 fully saturated rings. The van der Waals surface area contributed by atoms with Crippen LogP contribution in [0.3, 0.4) is 0 Å². The van der Waals surface area contributed by atoms with Crippen LogP contribution in [-0.4, -0.2) is 22.1 Å². The van der Waals surface area contributed by atoms with Crippen molar-refractivity contribution in [2.24, 2.45) is 0 Å². The Balaban J connectivity index is 1.66. The fourth-order valence-corrected chi connectivity index (χ4v) is 5.45.